The first-order valence-electron chi connectivity index (χ1n) is 8.20. The molecule has 0 aromatic rings. The highest BCUT2D eigenvalue weighted by Crippen LogP contribution is 2.48. The lowest BCUT2D eigenvalue weighted by molar-refractivity contribution is -0.148. The maximum Gasteiger partial charge on any atom is 0.307 e. The Balaban J connectivity index is 1.70. The van der Waals surface area contributed by atoms with Gasteiger partial charge in [0.05, 0.1) is 11.8 Å². The van der Waals surface area contributed by atoms with Crippen LogP contribution in [0.4, 0.5) is 0 Å². The van der Waals surface area contributed by atoms with Crippen molar-refractivity contribution in [3.05, 3.63) is 12.2 Å². The Kier molecular flexibility index (Phi) is 3.80. The summed E-state index contributed by atoms with van der Waals surface area (Å²) in [6.07, 6.45) is 8.24. The van der Waals surface area contributed by atoms with Gasteiger partial charge in [0, 0.05) is 6.04 Å². The second-order valence-electron chi connectivity index (χ2n) is 7.22. The highest BCUT2D eigenvalue weighted by molar-refractivity contribution is 5.87. The van der Waals surface area contributed by atoms with E-state index in [2.05, 4.69) is 19.2 Å². The molecule has 3 aliphatic rings. The number of rotatable bonds is 3. The Hall–Kier alpha value is -1.32. The second-order valence-corrected chi connectivity index (χ2v) is 7.22. The van der Waals surface area contributed by atoms with Gasteiger partial charge in [0.15, 0.2) is 0 Å². The third kappa shape index (κ3) is 2.49. The summed E-state index contributed by atoms with van der Waals surface area (Å²) < 4.78 is 0. The predicted molar refractivity (Wildman–Crippen MR) is 79.5 cm³/mol. The zero-order chi connectivity index (χ0) is 15.1. The lowest BCUT2D eigenvalue weighted by Gasteiger charge is -2.36. The first-order valence-corrected chi connectivity index (χ1v) is 8.20. The molecule has 0 aliphatic heterocycles. The topological polar surface area (TPSA) is 66.4 Å². The Morgan fingerprint density at radius 1 is 1.10 bits per heavy atom. The fourth-order valence-corrected chi connectivity index (χ4v) is 4.58. The van der Waals surface area contributed by atoms with Gasteiger partial charge in [0.25, 0.3) is 0 Å². The van der Waals surface area contributed by atoms with Crippen molar-refractivity contribution < 1.29 is 14.7 Å². The lowest BCUT2D eigenvalue weighted by Crippen LogP contribution is -2.48. The molecule has 2 fully saturated rings. The molecule has 7 atom stereocenters. The molecular formula is C17H25NO3. The fourth-order valence-electron chi connectivity index (χ4n) is 4.58. The standard InChI is InChI=1S/C17H25NO3/c1-9-4-3-5-13(10(9)2)18-16(19)14-11-6-7-12(8-11)15(14)17(20)21/h6-7,9-15H,3-5,8H2,1-2H3,(H,18,19)(H,20,21)/t9-,10+,11-,12-,13+,14+,15-/m0/s1. The highest BCUT2D eigenvalue weighted by atomic mass is 16.4. The minimum atomic E-state index is -0.822. The molecule has 0 radical (unpaired) electrons. The van der Waals surface area contributed by atoms with Crippen molar-refractivity contribution in [3.63, 3.8) is 0 Å². The number of allylic oxidation sites excluding steroid dienone is 2. The summed E-state index contributed by atoms with van der Waals surface area (Å²) in [5.41, 5.74) is 0. The van der Waals surface area contributed by atoms with Gasteiger partial charge in [-0.05, 0) is 36.5 Å². The fraction of sp³-hybridized carbons (Fsp3) is 0.765. The van der Waals surface area contributed by atoms with Crippen LogP contribution in [0.25, 0.3) is 0 Å². The average molecular weight is 291 g/mol. The second kappa shape index (κ2) is 5.47. The summed E-state index contributed by atoms with van der Waals surface area (Å²) in [6.45, 7) is 4.44. The van der Waals surface area contributed by atoms with E-state index in [4.69, 9.17) is 0 Å². The number of carbonyl (C=O) groups is 2. The van der Waals surface area contributed by atoms with Crippen LogP contribution in [-0.4, -0.2) is 23.0 Å². The third-order valence-electron chi connectivity index (χ3n) is 6.08. The molecule has 21 heavy (non-hydrogen) atoms. The van der Waals surface area contributed by atoms with E-state index < -0.39 is 11.9 Å². The van der Waals surface area contributed by atoms with E-state index in [-0.39, 0.29) is 29.7 Å². The molecule has 0 aromatic heterocycles. The Morgan fingerprint density at radius 2 is 1.76 bits per heavy atom. The quantitative estimate of drug-likeness (QED) is 0.785. The van der Waals surface area contributed by atoms with Gasteiger partial charge < -0.3 is 10.4 Å². The van der Waals surface area contributed by atoms with E-state index >= 15 is 0 Å². The molecular weight excluding hydrogens is 266 g/mol. The van der Waals surface area contributed by atoms with E-state index in [1.54, 1.807) is 0 Å². The van der Waals surface area contributed by atoms with Crippen molar-refractivity contribution in [2.24, 2.45) is 35.5 Å². The molecule has 4 heteroatoms. The summed E-state index contributed by atoms with van der Waals surface area (Å²) in [4.78, 5) is 24.2. The molecule has 4 nitrogen and oxygen atoms in total. The normalized spacial score (nSPS) is 44.8. The van der Waals surface area contributed by atoms with Crippen molar-refractivity contribution in [2.75, 3.05) is 0 Å². The molecule has 0 spiro atoms. The number of aliphatic carboxylic acids is 1. The summed E-state index contributed by atoms with van der Waals surface area (Å²) in [7, 11) is 0. The number of carboxylic acids is 1. The Morgan fingerprint density at radius 3 is 2.43 bits per heavy atom. The first-order chi connectivity index (χ1) is 9.99. The maximum absolute atomic E-state index is 12.7. The minimum Gasteiger partial charge on any atom is -0.481 e. The molecule has 0 saturated heterocycles. The number of nitrogens with one attached hydrogen (secondary N) is 1. The van der Waals surface area contributed by atoms with Gasteiger partial charge in [-0.2, -0.15) is 0 Å². The zero-order valence-electron chi connectivity index (χ0n) is 12.8. The van der Waals surface area contributed by atoms with Crippen molar-refractivity contribution in [1.82, 2.24) is 5.32 Å². The monoisotopic (exact) mass is 291 g/mol. The minimum absolute atomic E-state index is 0.0369. The summed E-state index contributed by atoms with van der Waals surface area (Å²) in [5, 5.41) is 12.6. The number of hydrogen-bond donors (Lipinski definition) is 2. The van der Waals surface area contributed by atoms with Crippen molar-refractivity contribution >= 4 is 11.9 Å². The van der Waals surface area contributed by atoms with Crippen LogP contribution >= 0.6 is 0 Å². The van der Waals surface area contributed by atoms with Crippen LogP contribution in [0.15, 0.2) is 12.2 Å². The highest BCUT2D eigenvalue weighted by Gasteiger charge is 2.52. The summed E-state index contributed by atoms with van der Waals surface area (Å²) >= 11 is 0. The van der Waals surface area contributed by atoms with Crippen molar-refractivity contribution in [1.29, 1.82) is 0 Å². The molecule has 2 bridgehead atoms. The molecule has 0 heterocycles. The van der Waals surface area contributed by atoms with Crippen LogP contribution < -0.4 is 5.32 Å². The van der Waals surface area contributed by atoms with Crippen LogP contribution in [0.1, 0.15) is 39.5 Å². The smallest absolute Gasteiger partial charge is 0.307 e. The van der Waals surface area contributed by atoms with Gasteiger partial charge in [0.1, 0.15) is 0 Å². The van der Waals surface area contributed by atoms with E-state index in [1.165, 1.54) is 6.42 Å². The molecule has 2 N–H and O–H groups in total. The Labute approximate surface area is 126 Å². The number of fused-ring (bicyclic) bond motifs is 2. The van der Waals surface area contributed by atoms with E-state index in [1.807, 2.05) is 12.2 Å². The molecule has 3 rings (SSSR count). The van der Waals surface area contributed by atoms with E-state index in [0.29, 0.717) is 11.8 Å². The molecule has 2 saturated carbocycles. The zero-order valence-corrected chi connectivity index (χ0v) is 12.8. The molecule has 3 aliphatic carbocycles. The van der Waals surface area contributed by atoms with Gasteiger partial charge in [-0.1, -0.05) is 38.8 Å². The number of amides is 1. The van der Waals surface area contributed by atoms with Gasteiger partial charge in [-0.25, -0.2) is 0 Å². The number of hydrogen-bond acceptors (Lipinski definition) is 2. The average Bonchev–Trinajstić information content (AvgIpc) is 3.04. The largest absolute Gasteiger partial charge is 0.481 e. The molecule has 1 amide bonds. The van der Waals surface area contributed by atoms with Crippen molar-refractivity contribution in [3.8, 4) is 0 Å². The number of carbonyl (C=O) groups excluding carboxylic acids is 1. The van der Waals surface area contributed by atoms with E-state index in [9.17, 15) is 14.7 Å². The van der Waals surface area contributed by atoms with Crippen LogP contribution in [-0.2, 0) is 9.59 Å². The Bertz CT molecular complexity index is 473. The maximum atomic E-state index is 12.7. The SMILES string of the molecule is C[C@@H]1[C@@H](C)CCC[C@H]1NC(=O)[C@H]1[C@@H](C(=O)O)[C@H]2C=C[C@H]1C2. The summed E-state index contributed by atoms with van der Waals surface area (Å²) in [6, 6.07) is 0.207. The van der Waals surface area contributed by atoms with Crippen LogP contribution in [0.2, 0.25) is 0 Å². The van der Waals surface area contributed by atoms with Crippen molar-refractivity contribution in [2.45, 2.75) is 45.6 Å². The van der Waals surface area contributed by atoms with Gasteiger partial charge in [-0.15, -0.1) is 0 Å². The van der Waals surface area contributed by atoms with Crippen LogP contribution in [0.3, 0.4) is 0 Å². The lowest BCUT2D eigenvalue weighted by atomic mass is 9.77. The van der Waals surface area contributed by atoms with Crippen LogP contribution in [0.5, 0.6) is 0 Å². The number of carboxylic acid groups (broad SMARTS) is 1. The van der Waals surface area contributed by atoms with E-state index in [0.717, 1.165) is 19.3 Å². The molecule has 0 aromatic carbocycles. The van der Waals surface area contributed by atoms with Gasteiger partial charge in [-0.3, -0.25) is 9.59 Å². The first kappa shape index (κ1) is 14.6. The molecule has 116 valence electrons. The summed E-state index contributed by atoms with van der Waals surface area (Å²) in [5.74, 6) is -0.502. The van der Waals surface area contributed by atoms with Gasteiger partial charge in [0.2, 0.25) is 5.91 Å². The van der Waals surface area contributed by atoms with Crippen LogP contribution in [0, 0.1) is 35.5 Å². The predicted octanol–water partition coefficient (Wildman–Crippen LogP) is 2.45. The third-order valence-corrected chi connectivity index (χ3v) is 6.08. The van der Waals surface area contributed by atoms with Gasteiger partial charge >= 0.3 is 5.97 Å². The molecule has 0 unspecified atom stereocenters.